The van der Waals surface area contributed by atoms with Gasteiger partial charge < -0.3 is 14.2 Å². The largest absolute Gasteiger partial charge is 0.454 e. The first-order chi connectivity index (χ1) is 12.3. The smallest absolute Gasteiger partial charge is 0.231 e. The summed E-state index contributed by atoms with van der Waals surface area (Å²) in [6.07, 6.45) is 3.67. The maximum absolute atomic E-state index is 5.71. The van der Waals surface area contributed by atoms with Crippen molar-refractivity contribution in [3.05, 3.63) is 54.4 Å². The van der Waals surface area contributed by atoms with Crippen LogP contribution in [0.5, 0.6) is 11.5 Å². The van der Waals surface area contributed by atoms with Crippen molar-refractivity contribution in [3.63, 3.8) is 0 Å². The van der Waals surface area contributed by atoms with Crippen LogP contribution in [0.25, 0.3) is 0 Å². The molecule has 1 aromatic heterocycles. The molecule has 2 aromatic rings. The van der Waals surface area contributed by atoms with Crippen molar-refractivity contribution in [3.8, 4) is 11.5 Å². The predicted octanol–water partition coefficient (Wildman–Crippen LogP) is 2.45. The number of hydrogen-bond donors (Lipinski definition) is 0. The third kappa shape index (κ3) is 3.70. The molecule has 0 bridgehead atoms. The zero-order valence-electron chi connectivity index (χ0n) is 14.3. The SMILES string of the molecule is C=CCOC[C@H]1CN(Cc2ccc3c(c2)OCO3)Cc2ccnn2C1. The molecule has 25 heavy (non-hydrogen) atoms. The molecule has 2 aliphatic rings. The van der Waals surface area contributed by atoms with Gasteiger partial charge in [0.2, 0.25) is 6.79 Å². The highest BCUT2D eigenvalue weighted by atomic mass is 16.7. The fourth-order valence-electron chi connectivity index (χ4n) is 3.46. The highest BCUT2D eigenvalue weighted by molar-refractivity contribution is 5.44. The van der Waals surface area contributed by atoms with Crippen LogP contribution in [0.2, 0.25) is 0 Å². The molecule has 0 fully saturated rings. The first kappa shape index (κ1) is 16.2. The second-order valence-electron chi connectivity index (χ2n) is 6.55. The van der Waals surface area contributed by atoms with Gasteiger partial charge in [0.05, 0.1) is 18.9 Å². The lowest BCUT2D eigenvalue weighted by molar-refractivity contribution is 0.0932. The molecule has 0 amide bonds. The van der Waals surface area contributed by atoms with Crippen LogP contribution in [-0.4, -0.2) is 41.2 Å². The molecule has 6 nitrogen and oxygen atoms in total. The summed E-state index contributed by atoms with van der Waals surface area (Å²) in [4.78, 5) is 2.44. The van der Waals surface area contributed by atoms with Gasteiger partial charge in [-0.25, -0.2) is 0 Å². The molecule has 132 valence electrons. The van der Waals surface area contributed by atoms with Crippen LogP contribution in [0.15, 0.2) is 43.1 Å². The van der Waals surface area contributed by atoms with Crippen LogP contribution < -0.4 is 9.47 Å². The van der Waals surface area contributed by atoms with E-state index >= 15 is 0 Å². The minimum Gasteiger partial charge on any atom is -0.454 e. The minimum absolute atomic E-state index is 0.310. The third-order valence-corrected chi connectivity index (χ3v) is 4.57. The molecule has 2 aliphatic heterocycles. The molecule has 0 unspecified atom stereocenters. The Bertz CT molecular complexity index is 743. The summed E-state index contributed by atoms with van der Waals surface area (Å²) in [5.74, 6) is 2.06. The van der Waals surface area contributed by atoms with E-state index in [1.807, 2.05) is 12.3 Å². The Morgan fingerprint density at radius 2 is 2.16 bits per heavy atom. The molecule has 0 aliphatic carbocycles. The Hall–Kier alpha value is -2.31. The second-order valence-corrected chi connectivity index (χ2v) is 6.55. The minimum atomic E-state index is 0.310. The summed E-state index contributed by atoms with van der Waals surface area (Å²) >= 11 is 0. The van der Waals surface area contributed by atoms with E-state index < -0.39 is 0 Å². The fourth-order valence-corrected chi connectivity index (χ4v) is 3.46. The van der Waals surface area contributed by atoms with E-state index in [0.717, 1.165) is 37.7 Å². The fraction of sp³-hybridized carbons (Fsp3) is 0.421. The first-order valence-electron chi connectivity index (χ1n) is 8.62. The van der Waals surface area contributed by atoms with Gasteiger partial charge in [0.15, 0.2) is 11.5 Å². The molecular formula is C19H23N3O3. The van der Waals surface area contributed by atoms with Crippen molar-refractivity contribution >= 4 is 0 Å². The van der Waals surface area contributed by atoms with Crippen LogP contribution in [0, 0.1) is 5.92 Å². The molecule has 1 aromatic carbocycles. The third-order valence-electron chi connectivity index (χ3n) is 4.57. The number of rotatable bonds is 6. The highest BCUT2D eigenvalue weighted by Crippen LogP contribution is 2.33. The Labute approximate surface area is 147 Å². The lowest BCUT2D eigenvalue weighted by Gasteiger charge is -2.24. The Kier molecular flexibility index (Phi) is 4.72. The van der Waals surface area contributed by atoms with E-state index in [2.05, 4.69) is 39.5 Å². The maximum Gasteiger partial charge on any atom is 0.231 e. The van der Waals surface area contributed by atoms with Gasteiger partial charge in [0.1, 0.15) is 0 Å². The number of hydrogen-bond acceptors (Lipinski definition) is 5. The predicted molar refractivity (Wildman–Crippen MR) is 93.4 cm³/mol. The van der Waals surface area contributed by atoms with E-state index in [1.54, 1.807) is 6.08 Å². The summed E-state index contributed by atoms with van der Waals surface area (Å²) in [7, 11) is 0. The summed E-state index contributed by atoms with van der Waals surface area (Å²) < 4.78 is 18.7. The number of ether oxygens (including phenoxy) is 3. The van der Waals surface area contributed by atoms with Crippen LogP contribution in [0.3, 0.4) is 0 Å². The quantitative estimate of drug-likeness (QED) is 0.597. The van der Waals surface area contributed by atoms with Crippen molar-refractivity contribution in [2.75, 3.05) is 26.6 Å². The lowest BCUT2D eigenvalue weighted by Crippen LogP contribution is -2.30. The molecule has 0 saturated carbocycles. The number of nitrogens with zero attached hydrogens (tertiary/aromatic N) is 3. The van der Waals surface area contributed by atoms with Crippen LogP contribution in [0.4, 0.5) is 0 Å². The zero-order chi connectivity index (χ0) is 17.1. The number of aromatic nitrogens is 2. The average molecular weight is 341 g/mol. The molecule has 4 rings (SSSR count). The van der Waals surface area contributed by atoms with Gasteiger partial charge in [0, 0.05) is 38.3 Å². The summed E-state index contributed by atoms with van der Waals surface area (Å²) in [6.45, 7) is 8.92. The molecular weight excluding hydrogens is 318 g/mol. The van der Waals surface area contributed by atoms with Gasteiger partial charge in [-0.3, -0.25) is 9.58 Å². The van der Waals surface area contributed by atoms with Gasteiger partial charge in [-0.2, -0.15) is 5.10 Å². The van der Waals surface area contributed by atoms with Gasteiger partial charge in [-0.05, 0) is 23.8 Å². The van der Waals surface area contributed by atoms with E-state index in [1.165, 1.54) is 11.3 Å². The molecule has 0 N–H and O–H groups in total. The van der Waals surface area contributed by atoms with Crippen LogP contribution in [-0.2, 0) is 24.4 Å². The number of fused-ring (bicyclic) bond motifs is 2. The van der Waals surface area contributed by atoms with E-state index in [0.29, 0.717) is 25.9 Å². The Balaban J connectivity index is 1.48. The topological polar surface area (TPSA) is 48.8 Å². The highest BCUT2D eigenvalue weighted by Gasteiger charge is 2.23. The zero-order valence-corrected chi connectivity index (χ0v) is 14.3. The Morgan fingerprint density at radius 1 is 1.24 bits per heavy atom. The van der Waals surface area contributed by atoms with Crippen molar-refractivity contribution < 1.29 is 14.2 Å². The molecule has 0 radical (unpaired) electrons. The molecule has 0 saturated heterocycles. The molecule has 0 spiro atoms. The maximum atomic E-state index is 5.71. The summed E-state index contributed by atoms with van der Waals surface area (Å²) in [5.41, 5.74) is 2.47. The number of benzene rings is 1. The van der Waals surface area contributed by atoms with Gasteiger partial charge in [-0.1, -0.05) is 12.1 Å². The van der Waals surface area contributed by atoms with Crippen molar-refractivity contribution in [2.45, 2.75) is 19.6 Å². The Morgan fingerprint density at radius 3 is 3.08 bits per heavy atom. The van der Waals surface area contributed by atoms with Crippen LogP contribution >= 0.6 is 0 Å². The van der Waals surface area contributed by atoms with E-state index in [4.69, 9.17) is 14.2 Å². The van der Waals surface area contributed by atoms with Crippen molar-refractivity contribution in [1.82, 2.24) is 14.7 Å². The van der Waals surface area contributed by atoms with Gasteiger partial charge in [-0.15, -0.1) is 6.58 Å². The monoisotopic (exact) mass is 341 g/mol. The lowest BCUT2D eigenvalue weighted by atomic mass is 10.1. The van der Waals surface area contributed by atoms with E-state index in [-0.39, 0.29) is 0 Å². The molecule has 3 heterocycles. The van der Waals surface area contributed by atoms with Gasteiger partial charge in [0.25, 0.3) is 0 Å². The van der Waals surface area contributed by atoms with Crippen molar-refractivity contribution in [2.24, 2.45) is 5.92 Å². The standard InChI is InChI=1S/C19H23N3O3/c1-2-7-23-13-16-10-21(12-17-5-6-20-22(17)11-16)9-15-3-4-18-19(8-15)25-14-24-18/h2-6,8,16H,1,7,9-14H2/t16-/m0/s1. The average Bonchev–Trinajstić information content (AvgIpc) is 3.21. The molecule has 6 heteroatoms. The summed E-state index contributed by atoms with van der Waals surface area (Å²) in [5, 5.41) is 4.46. The van der Waals surface area contributed by atoms with Crippen LogP contribution in [0.1, 0.15) is 11.3 Å². The van der Waals surface area contributed by atoms with E-state index in [9.17, 15) is 0 Å². The summed E-state index contributed by atoms with van der Waals surface area (Å²) in [6, 6.07) is 8.27. The second kappa shape index (κ2) is 7.29. The molecule has 1 atom stereocenters. The normalized spacial score (nSPS) is 19.4. The van der Waals surface area contributed by atoms with Crippen molar-refractivity contribution in [1.29, 1.82) is 0 Å². The van der Waals surface area contributed by atoms with Gasteiger partial charge >= 0.3 is 0 Å². The first-order valence-corrected chi connectivity index (χ1v) is 8.62.